The van der Waals surface area contributed by atoms with Crippen LogP contribution in [0.25, 0.3) is 0 Å². The van der Waals surface area contributed by atoms with Gasteiger partial charge in [-0.2, -0.15) is 0 Å². The standard InChI is InChI=1S/C20H26N4O4/c1-12-7-8-15(10-13(12)2)21-18(27)22-16(25)11-24-17(26)20(23-19(24)28)9-5-4-6-14(20)3/h7-8,10,14H,4-6,9,11H2,1-3H3,(H,23,28)(H2,21,22,25,27)/t14-,20+/m0/s1. The first kappa shape index (κ1) is 19.9. The fourth-order valence-electron chi connectivity index (χ4n) is 3.93. The maximum atomic E-state index is 12.8. The molecule has 0 radical (unpaired) electrons. The molecule has 3 rings (SSSR count). The lowest BCUT2D eigenvalue weighted by molar-refractivity contribution is -0.137. The summed E-state index contributed by atoms with van der Waals surface area (Å²) in [5, 5.41) is 7.53. The summed E-state index contributed by atoms with van der Waals surface area (Å²) in [6.45, 7) is 5.33. The van der Waals surface area contributed by atoms with Crippen LogP contribution in [0, 0.1) is 19.8 Å². The second kappa shape index (κ2) is 7.61. The largest absolute Gasteiger partial charge is 0.325 e. The fourth-order valence-corrected chi connectivity index (χ4v) is 3.93. The minimum Gasteiger partial charge on any atom is -0.323 e. The summed E-state index contributed by atoms with van der Waals surface area (Å²) < 4.78 is 0. The minimum atomic E-state index is -0.919. The number of aryl methyl sites for hydroxylation is 2. The Kier molecular flexibility index (Phi) is 5.40. The van der Waals surface area contributed by atoms with Gasteiger partial charge in [-0.1, -0.05) is 25.8 Å². The third-order valence-electron chi connectivity index (χ3n) is 5.82. The highest BCUT2D eigenvalue weighted by molar-refractivity contribution is 6.10. The van der Waals surface area contributed by atoms with Crippen LogP contribution in [0.4, 0.5) is 15.3 Å². The van der Waals surface area contributed by atoms with Gasteiger partial charge in [-0.25, -0.2) is 9.59 Å². The molecular formula is C20H26N4O4. The summed E-state index contributed by atoms with van der Waals surface area (Å²) in [6, 6.07) is 4.11. The van der Waals surface area contributed by atoms with Crippen molar-refractivity contribution in [2.75, 3.05) is 11.9 Å². The molecule has 8 nitrogen and oxygen atoms in total. The van der Waals surface area contributed by atoms with E-state index in [1.807, 2.05) is 26.8 Å². The topological polar surface area (TPSA) is 108 Å². The summed E-state index contributed by atoms with van der Waals surface area (Å²) in [6.07, 6.45) is 3.30. The van der Waals surface area contributed by atoms with Crippen molar-refractivity contribution >= 4 is 29.6 Å². The number of hydrogen-bond donors (Lipinski definition) is 3. The van der Waals surface area contributed by atoms with Crippen LogP contribution in [-0.2, 0) is 9.59 Å². The highest BCUT2D eigenvalue weighted by atomic mass is 16.2. The van der Waals surface area contributed by atoms with Crippen molar-refractivity contribution < 1.29 is 19.2 Å². The van der Waals surface area contributed by atoms with Gasteiger partial charge in [0, 0.05) is 5.69 Å². The molecular weight excluding hydrogens is 360 g/mol. The number of carbonyl (C=O) groups excluding carboxylic acids is 4. The number of nitrogens with zero attached hydrogens (tertiary/aromatic N) is 1. The quantitative estimate of drug-likeness (QED) is 0.694. The number of imide groups is 2. The Balaban J connectivity index is 1.59. The smallest absolute Gasteiger partial charge is 0.323 e. The molecule has 1 aromatic rings. The van der Waals surface area contributed by atoms with Crippen LogP contribution in [0.1, 0.15) is 43.7 Å². The van der Waals surface area contributed by atoms with Gasteiger partial charge < -0.3 is 10.6 Å². The summed E-state index contributed by atoms with van der Waals surface area (Å²) in [5.41, 5.74) is 1.73. The number of hydrogen-bond acceptors (Lipinski definition) is 4. The number of urea groups is 2. The van der Waals surface area contributed by atoms with Gasteiger partial charge in [-0.15, -0.1) is 0 Å². The van der Waals surface area contributed by atoms with Crippen molar-refractivity contribution in [2.24, 2.45) is 5.92 Å². The third-order valence-corrected chi connectivity index (χ3v) is 5.82. The van der Waals surface area contributed by atoms with E-state index in [9.17, 15) is 19.2 Å². The Labute approximate surface area is 164 Å². The molecule has 1 heterocycles. The van der Waals surface area contributed by atoms with Crippen LogP contribution in [0.2, 0.25) is 0 Å². The van der Waals surface area contributed by atoms with E-state index < -0.39 is 30.1 Å². The predicted molar refractivity (Wildman–Crippen MR) is 104 cm³/mol. The van der Waals surface area contributed by atoms with Crippen LogP contribution in [-0.4, -0.2) is 40.9 Å². The molecule has 1 aromatic carbocycles. The maximum absolute atomic E-state index is 12.8. The molecule has 28 heavy (non-hydrogen) atoms. The number of benzene rings is 1. The van der Waals surface area contributed by atoms with E-state index in [2.05, 4.69) is 16.0 Å². The highest BCUT2D eigenvalue weighted by Gasteiger charge is 2.55. The highest BCUT2D eigenvalue weighted by Crippen LogP contribution is 2.38. The van der Waals surface area contributed by atoms with Crippen molar-refractivity contribution in [1.29, 1.82) is 0 Å². The lowest BCUT2D eigenvalue weighted by Gasteiger charge is -2.36. The summed E-state index contributed by atoms with van der Waals surface area (Å²) in [5.74, 6) is -1.08. The van der Waals surface area contributed by atoms with E-state index in [0.29, 0.717) is 12.1 Å². The maximum Gasteiger partial charge on any atom is 0.325 e. The van der Waals surface area contributed by atoms with Crippen molar-refractivity contribution in [3.05, 3.63) is 29.3 Å². The summed E-state index contributed by atoms with van der Waals surface area (Å²) >= 11 is 0. The van der Waals surface area contributed by atoms with E-state index in [1.165, 1.54) is 0 Å². The molecule has 150 valence electrons. The van der Waals surface area contributed by atoms with Crippen molar-refractivity contribution in [3.63, 3.8) is 0 Å². The van der Waals surface area contributed by atoms with Gasteiger partial charge in [-0.3, -0.25) is 19.8 Å². The van der Waals surface area contributed by atoms with Gasteiger partial charge in [0.1, 0.15) is 12.1 Å². The van der Waals surface area contributed by atoms with Crippen LogP contribution in [0.3, 0.4) is 0 Å². The molecule has 0 bridgehead atoms. The van der Waals surface area contributed by atoms with Crippen molar-refractivity contribution in [1.82, 2.24) is 15.5 Å². The van der Waals surface area contributed by atoms with Crippen molar-refractivity contribution in [2.45, 2.75) is 52.0 Å². The van der Waals surface area contributed by atoms with Gasteiger partial charge in [-0.05, 0) is 55.9 Å². The Morgan fingerprint density at radius 2 is 1.96 bits per heavy atom. The van der Waals surface area contributed by atoms with Crippen LogP contribution in [0.5, 0.6) is 0 Å². The Morgan fingerprint density at radius 3 is 2.64 bits per heavy atom. The SMILES string of the molecule is Cc1ccc(NC(=O)NC(=O)CN2C(=O)N[C@@]3(CCCC[C@@H]3C)C2=O)cc1C. The van der Waals surface area contributed by atoms with E-state index in [0.717, 1.165) is 35.3 Å². The summed E-state index contributed by atoms with van der Waals surface area (Å²) in [7, 11) is 0. The number of carbonyl (C=O) groups is 4. The van der Waals surface area contributed by atoms with Gasteiger partial charge in [0.2, 0.25) is 5.91 Å². The monoisotopic (exact) mass is 386 g/mol. The number of rotatable bonds is 3. The van der Waals surface area contributed by atoms with Gasteiger partial charge in [0.15, 0.2) is 0 Å². The molecule has 1 aliphatic heterocycles. The number of anilines is 1. The first-order valence-electron chi connectivity index (χ1n) is 9.55. The average molecular weight is 386 g/mol. The molecule has 6 amide bonds. The van der Waals surface area contributed by atoms with Crippen LogP contribution in [0.15, 0.2) is 18.2 Å². The Hall–Kier alpha value is -2.90. The molecule has 2 aliphatic rings. The number of nitrogens with one attached hydrogen (secondary N) is 3. The molecule has 1 saturated heterocycles. The molecule has 0 aromatic heterocycles. The van der Waals surface area contributed by atoms with E-state index in [-0.39, 0.29) is 11.8 Å². The zero-order valence-electron chi connectivity index (χ0n) is 16.4. The van der Waals surface area contributed by atoms with Crippen LogP contribution >= 0.6 is 0 Å². The minimum absolute atomic E-state index is 0.0128. The fraction of sp³-hybridized carbons (Fsp3) is 0.500. The summed E-state index contributed by atoms with van der Waals surface area (Å²) in [4.78, 5) is 50.3. The second-order valence-electron chi connectivity index (χ2n) is 7.74. The van der Waals surface area contributed by atoms with E-state index in [4.69, 9.17) is 0 Å². The van der Waals surface area contributed by atoms with E-state index in [1.54, 1.807) is 12.1 Å². The average Bonchev–Trinajstić information content (AvgIpc) is 2.86. The van der Waals surface area contributed by atoms with E-state index >= 15 is 0 Å². The first-order valence-corrected chi connectivity index (χ1v) is 9.55. The first-order chi connectivity index (χ1) is 13.2. The molecule has 1 aliphatic carbocycles. The molecule has 1 saturated carbocycles. The van der Waals surface area contributed by atoms with Gasteiger partial charge in [0.25, 0.3) is 5.91 Å². The zero-order valence-corrected chi connectivity index (χ0v) is 16.4. The van der Waals surface area contributed by atoms with Crippen LogP contribution < -0.4 is 16.0 Å². The van der Waals surface area contributed by atoms with Crippen molar-refractivity contribution in [3.8, 4) is 0 Å². The Bertz CT molecular complexity index is 837. The normalized spacial score (nSPS) is 24.2. The molecule has 1 spiro atoms. The molecule has 2 fully saturated rings. The number of amides is 6. The third kappa shape index (κ3) is 3.72. The molecule has 2 atom stereocenters. The predicted octanol–water partition coefficient (Wildman–Crippen LogP) is 2.45. The lowest BCUT2D eigenvalue weighted by Crippen LogP contribution is -2.54. The van der Waals surface area contributed by atoms with Gasteiger partial charge >= 0.3 is 12.1 Å². The van der Waals surface area contributed by atoms with Gasteiger partial charge in [0.05, 0.1) is 0 Å². The lowest BCUT2D eigenvalue weighted by atomic mass is 9.73. The second-order valence-corrected chi connectivity index (χ2v) is 7.74. The molecule has 0 unspecified atom stereocenters. The zero-order chi connectivity index (χ0) is 20.5. The molecule has 8 heteroatoms. The molecule has 3 N–H and O–H groups in total. The Morgan fingerprint density at radius 1 is 1.21 bits per heavy atom.